The molecule has 17 heavy (non-hydrogen) atoms. The normalized spacial score (nSPS) is 23.2. The van der Waals surface area contributed by atoms with Crippen LogP contribution in [0.4, 0.5) is 5.00 Å². The number of rotatable bonds is 3. The lowest BCUT2D eigenvalue weighted by Crippen LogP contribution is -2.47. The van der Waals surface area contributed by atoms with Gasteiger partial charge in [-0.3, -0.25) is 4.79 Å². The maximum Gasteiger partial charge on any atom is 0.251 e. The minimum absolute atomic E-state index is 0.306. The van der Waals surface area contributed by atoms with Gasteiger partial charge in [-0.2, -0.15) is 0 Å². The van der Waals surface area contributed by atoms with Crippen LogP contribution in [0.5, 0.6) is 0 Å². The molecule has 0 fully saturated rings. The largest absolute Gasteiger partial charge is 0.379 e. The number of likely N-dealkylation sites (N-methyl/N-ethyl adjacent to an activating group) is 1. The first-order valence-corrected chi connectivity index (χ1v) is 6.78. The molecule has 0 spiro atoms. The van der Waals surface area contributed by atoms with Gasteiger partial charge >= 0.3 is 0 Å². The number of nitrogens with two attached hydrogens (primary N) is 1. The van der Waals surface area contributed by atoms with E-state index < -0.39 is 0 Å². The van der Waals surface area contributed by atoms with Crippen LogP contribution in [-0.4, -0.2) is 37.6 Å². The molecule has 2 rings (SSSR count). The van der Waals surface area contributed by atoms with Crippen molar-refractivity contribution in [2.45, 2.75) is 19.9 Å². The fourth-order valence-electron chi connectivity index (χ4n) is 2.42. The maximum atomic E-state index is 11.5. The molecule has 5 heteroatoms. The first-order valence-electron chi connectivity index (χ1n) is 5.96. The second-order valence-electron chi connectivity index (χ2n) is 4.89. The quantitative estimate of drug-likeness (QED) is 0.801. The summed E-state index contributed by atoms with van der Waals surface area (Å²) in [6.07, 6.45) is 0.954. The van der Waals surface area contributed by atoms with E-state index in [9.17, 15) is 4.79 Å². The molecule has 0 bridgehead atoms. The van der Waals surface area contributed by atoms with Crippen LogP contribution in [0.3, 0.4) is 0 Å². The van der Waals surface area contributed by atoms with Crippen LogP contribution in [0.1, 0.15) is 27.7 Å². The Balaban J connectivity index is 2.45. The van der Waals surface area contributed by atoms with E-state index in [0.29, 0.717) is 0 Å². The Labute approximate surface area is 106 Å². The van der Waals surface area contributed by atoms with Crippen molar-refractivity contribution in [1.82, 2.24) is 0 Å². The van der Waals surface area contributed by atoms with Crippen molar-refractivity contribution in [3.05, 3.63) is 16.0 Å². The predicted octanol–water partition coefficient (Wildman–Crippen LogP) is 1.41. The lowest BCUT2D eigenvalue weighted by molar-refractivity contribution is -0.922. The molecular formula is C12H20N3OS+. The summed E-state index contributed by atoms with van der Waals surface area (Å²) in [6.45, 7) is 5.44. The van der Waals surface area contributed by atoms with Crippen molar-refractivity contribution in [1.29, 1.82) is 0 Å². The number of fused-ring (bicyclic) bond motifs is 1. The third kappa shape index (κ3) is 2.05. The first-order chi connectivity index (χ1) is 8.00. The Kier molecular flexibility index (Phi) is 3.14. The number of anilines is 1. The molecule has 0 saturated heterocycles. The van der Waals surface area contributed by atoms with Gasteiger partial charge in [-0.25, -0.2) is 0 Å². The molecule has 1 amide bonds. The SMILES string of the molecule is CC[N+]1(C)CCc2c(sc(NC)c2C(N)=O)C1. The zero-order valence-electron chi connectivity index (χ0n) is 10.7. The summed E-state index contributed by atoms with van der Waals surface area (Å²) in [5.74, 6) is -0.306. The molecule has 1 aromatic rings. The summed E-state index contributed by atoms with van der Waals surface area (Å²) in [5, 5.41) is 4.01. The number of thiophene rings is 1. The van der Waals surface area contributed by atoms with Crippen LogP contribution in [0, 0.1) is 0 Å². The van der Waals surface area contributed by atoms with Gasteiger partial charge in [0.2, 0.25) is 0 Å². The van der Waals surface area contributed by atoms with Gasteiger partial charge in [0.25, 0.3) is 5.91 Å². The zero-order chi connectivity index (χ0) is 12.6. The Hall–Kier alpha value is -1.07. The lowest BCUT2D eigenvalue weighted by atomic mass is 10.0. The number of hydrogen-bond donors (Lipinski definition) is 2. The van der Waals surface area contributed by atoms with Crippen LogP contribution in [0.25, 0.3) is 0 Å². The van der Waals surface area contributed by atoms with Crippen molar-refractivity contribution in [2.75, 3.05) is 32.5 Å². The summed E-state index contributed by atoms with van der Waals surface area (Å²) >= 11 is 1.68. The Bertz CT molecular complexity index is 455. The van der Waals surface area contributed by atoms with Gasteiger partial charge in [-0.15, -0.1) is 11.3 Å². The zero-order valence-corrected chi connectivity index (χ0v) is 11.5. The van der Waals surface area contributed by atoms with E-state index in [-0.39, 0.29) is 5.91 Å². The van der Waals surface area contributed by atoms with Crippen LogP contribution >= 0.6 is 11.3 Å². The van der Waals surface area contributed by atoms with Gasteiger partial charge in [-0.1, -0.05) is 0 Å². The summed E-state index contributed by atoms with van der Waals surface area (Å²) < 4.78 is 1.05. The number of nitrogens with zero attached hydrogens (tertiary/aromatic N) is 1. The highest BCUT2D eigenvalue weighted by molar-refractivity contribution is 7.16. The van der Waals surface area contributed by atoms with Crippen molar-refractivity contribution in [2.24, 2.45) is 5.73 Å². The van der Waals surface area contributed by atoms with Crippen LogP contribution in [0.15, 0.2) is 0 Å². The molecule has 1 unspecified atom stereocenters. The number of primary amides is 1. The average Bonchev–Trinajstić information content (AvgIpc) is 2.66. The van der Waals surface area contributed by atoms with E-state index in [0.717, 1.165) is 41.1 Å². The van der Waals surface area contributed by atoms with E-state index in [1.165, 1.54) is 10.4 Å². The Morgan fingerprint density at radius 2 is 2.29 bits per heavy atom. The molecule has 0 aromatic carbocycles. The molecule has 0 aliphatic carbocycles. The van der Waals surface area contributed by atoms with Gasteiger partial charge in [-0.05, 0) is 12.5 Å². The summed E-state index contributed by atoms with van der Waals surface area (Å²) in [4.78, 5) is 12.8. The topological polar surface area (TPSA) is 55.1 Å². The molecule has 2 heterocycles. The fraction of sp³-hybridized carbons (Fsp3) is 0.583. The highest BCUT2D eigenvalue weighted by Gasteiger charge is 2.32. The lowest BCUT2D eigenvalue weighted by Gasteiger charge is -2.36. The molecule has 1 aliphatic heterocycles. The summed E-state index contributed by atoms with van der Waals surface area (Å²) in [5.41, 5.74) is 7.38. The number of carbonyl (C=O) groups excluding carboxylic acids is 1. The third-order valence-electron chi connectivity index (χ3n) is 3.75. The molecule has 94 valence electrons. The second kappa shape index (κ2) is 4.31. The van der Waals surface area contributed by atoms with E-state index in [4.69, 9.17) is 5.73 Å². The number of hydrogen-bond acceptors (Lipinski definition) is 3. The van der Waals surface area contributed by atoms with Crippen LogP contribution in [-0.2, 0) is 13.0 Å². The first kappa shape index (κ1) is 12.4. The monoisotopic (exact) mass is 254 g/mol. The van der Waals surface area contributed by atoms with Gasteiger partial charge in [0.15, 0.2) is 0 Å². The summed E-state index contributed by atoms with van der Waals surface area (Å²) in [6, 6.07) is 0. The minimum Gasteiger partial charge on any atom is -0.379 e. The molecule has 4 nitrogen and oxygen atoms in total. The molecule has 0 radical (unpaired) electrons. The maximum absolute atomic E-state index is 11.5. The van der Waals surface area contributed by atoms with Crippen molar-refractivity contribution < 1.29 is 9.28 Å². The molecule has 0 saturated carbocycles. The number of amides is 1. The third-order valence-corrected chi connectivity index (χ3v) is 4.99. The molecular weight excluding hydrogens is 234 g/mol. The van der Waals surface area contributed by atoms with Crippen molar-refractivity contribution in [3.63, 3.8) is 0 Å². The van der Waals surface area contributed by atoms with E-state index in [1.54, 1.807) is 11.3 Å². The van der Waals surface area contributed by atoms with Crippen molar-refractivity contribution in [3.8, 4) is 0 Å². The minimum atomic E-state index is -0.306. The standard InChI is InChI=1S/C12H19N3OS/c1-4-15(3)6-5-8-9(7-15)17-12(14-2)10(8)11(13)16/h4-7H2,1-3H3,(H2-,13,14,16)/p+1. The van der Waals surface area contributed by atoms with Crippen molar-refractivity contribution >= 4 is 22.2 Å². The number of quaternary nitrogens is 1. The van der Waals surface area contributed by atoms with Gasteiger partial charge in [0.05, 0.1) is 30.6 Å². The van der Waals surface area contributed by atoms with E-state index in [2.05, 4.69) is 19.3 Å². The van der Waals surface area contributed by atoms with Gasteiger partial charge in [0.1, 0.15) is 11.5 Å². The van der Waals surface area contributed by atoms with Crippen LogP contribution < -0.4 is 11.1 Å². The molecule has 1 aliphatic rings. The number of carbonyl (C=O) groups is 1. The average molecular weight is 254 g/mol. The summed E-state index contributed by atoms with van der Waals surface area (Å²) in [7, 11) is 4.11. The molecule has 1 aromatic heterocycles. The second-order valence-corrected chi connectivity index (χ2v) is 5.99. The van der Waals surface area contributed by atoms with E-state index in [1.807, 2.05) is 7.05 Å². The van der Waals surface area contributed by atoms with Gasteiger partial charge < -0.3 is 15.5 Å². The fourth-order valence-corrected chi connectivity index (χ4v) is 3.80. The molecule has 3 N–H and O–H groups in total. The highest BCUT2D eigenvalue weighted by Crippen LogP contribution is 2.38. The number of nitrogens with one attached hydrogen (secondary N) is 1. The highest BCUT2D eigenvalue weighted by atomic mass is 32.1. The Morgan fingerprint density at radius 3 is 2.82 bits per heavy atom. The van der Waals surface area contributed by atoms with Crippen LogP contribution in [0.2, 0.25) is 0 Å². The molecule has 1 atom stereocenters. The predicted molar refractivity (Wildman–Crippen MR) is 71.4 cm³/mol. The van der Waals surface area contributed by atoms with E-state index >= 15 is 0 Å². The Morgan fingerprint density at radius 1 is 1.59 bits per heavy atom. The van der Waals surface area contributed by atoms with Gasteiger partial charge in [0, 0.05) is 13.5 Å². The smallest absolute Gasteiger partial charge is 0.251 e.